The molecule has 0 radical (unpaired) electrons. The summed E-state index contributed by atoms with van der Waals surface area (Å²) in [6, 6.07) is 3.79. The smallest absolute Gasteiger partial charge is 0.290 e. The summed E-state index contributed by atoms with van der Waals surface area (Å²) >= 11 is 0. The Bertz CT molecular complexity index is 749. The number of aromatic nitrogens is 1. The molecule has 1 aromatic rings. The van der Waals surface area contributed by atoms with Gasteiger partial charge >= 0.3 is 0 Å². The number of rotatable bonds is 5. The highest BCUT2D eigenvalue weighted by Crippen LogP contribution is 2.31. The molecule has 2 saturated heterocycles. The molecule has 2 fully saturated rings. The summed E-state index contributed by atoms with van der Waals surface area (Å²) in [6.45, 7) is 3.19. The lowest BCUT2D eigenvalue weighted by Crippen LogP contribution is -2.53. The first-order chi connectivity index (χ1) is 14.8. The maximum absolute atomic E-state index is 12.4. The molecular weight excluding hydrogens is 404 g/mol. The van der Waals surface area contributed by atoms with Gasteiger partial charge in [-0.05, 0) is 25.0 Å². The Morgan fingerprint density at radius 3 is 2.68 bits per heavy atom. The van der Waals surface area contributed by atoms with Crippen LogP contribution in [0.25, 0.3) is 0 Å². The van der Waals surface area contributed by atoms with Gasteiger partial charge in [-0.3, -0.25) is 24.3 Å². The van der Waals surface area contributed by atoms with E-state index in [9.17, 15) is 9.59 Å². The SMILES string of the molecule is COc1cccnc1CN1CCC2(CC1)CN(CC(=O)N(C)C)C(=O)CCO2.O=CO. The molecule has 2 aliphatic rings. The number of carbonyl (C=O) groups excluding carboxylic acids is 2. The highest BCUT2D eigenvalue weighted by atomic mass is 16.5. The van der Waals surface area contributed by atoms with Crippen molar-refractivity contribution < 1.29 is 29.0 Å². The molecule has 0 unspecified atom stereocenters. The number of likely N-dealkylation sites (tertiary alicyclic amines) is 1. The Kier molecular flexibility index (Phi) is 9.20. The highest BCUT2D eigenvalue weighted by Gasteiger charge is 2.41. The molecule has 0 atom stereocenters. The van der Waals surface area contributed by atoms with E-state index in [4.69, 9.17) is 19.4 Å². The number of carbonyl (C=O) groups is 3. The molecule has 10 heteroatoms. The van der Waals surface area contributed by atoms with Crippen LogP contribution in [0.2, 0.25) is 0 Å². The molecule has 1 N–H and O–H groups in total. The van der Waals surface area contributed by atoms with E-state index in [0.717, 1.165) is 43.9 Å². The van der Waals surface area contributed by atoms with Crippen molar-refractivity contribution in [3.63, 3.8) is 0 Å². The van der Waals surface area contributed by atoms with E-state index in [1.165, 1.54) is 4.90 Å². The van der Waals surface area contributed by atoms with E-state index in [2.05, 4.69) is 9.88 Å². The van der Waals surface area contributed by atoms with Gasteiger partial charge in [0.2, 0.25) is 11.8 Å². The first-order valence-electron chi connectivity index (χ1n) is 10.2. The Morgan fingerprint density at radius 2 is 2.06 bits per heavy atom. The van der Waals surface area contributed by atoms with Crippen molar-refractivity contribution in [1.82, 2.24) is 19.7 Å². The molecule has 3 heterocycles. The van der Waals surface area contributed by atoms with Gasteiger partial charge in [0.25, 0.3) is 6.47 Å². The van der Waals surface area contributed by atoms with Crippen molar-refractivity contribution in [3.05, 3.63) is 24.0 Å². The second-order valence-electron chi connectivity index (χ2n) is 7.85. The van der Waals surface area contributed by atoms with Gasteiger partial charge < -0.3 is 24.4 Å². The average molecular weight is 437 g/mol. The van der Waals surface area contributed by atoms with Gasteiger partial charge in [0.15, 0.2) is 0 Å². The van der Waals surface area contributed by atoms with Crippen LogP contribution < -0.4 is 4.74 Å². The lowest BCUT2D eigenvalue weighted by molar-refractivity contribution is -0.140. The standard InChI is InChI=1S/C20H30N4O4.CH2O2/c1-22(2)19(26)14-24-15-20(28-12-6-18(24)25)7-10-23(11-8-20)13-16-17(27-3)5-4-9-21-16;2-1-3/h4-5,9H,6-8,10-15H2,1-3H3;1H,(H,2,3). The summed E-state index contributed by atoms with van der Waals surface area (Å²) in [4.78, 5) is 42.9. The largest absolute Gasteiger partial charge is 0.495 e. The van der Waals surface area contributed by atoms with Gasteiger partial charge in [-0.2, -0.15) is 0 Å². The van der Waals surface area contributed by atoms with Crippen molar-refractivity contribution >= 4 is 18.3 Å². The van der Waals surface area contributed by atoms with E-state index in [1.807, 2.05) is 12.1 Å². The normalized spacial score (nSPS) is 18.5. The number of amides is 2. The predicted molar refractivity (Wildman–Crippen MR) is 113 cm³/mol. The molecule has 1 aromatic heterocycles. The average Bonchev–Trinajstić information content (AvgIpc) is 2.89. The molecule has 172 valence electrons. The summed E-state index contributed by atoms with van der Waals surface area (Å²) < 4.78 is 11.6. The molecule has 0 saturated carbocycles. The van der Waals surface area contributed by atoms with E-state index in [1.54, 1.807) is 32.3 Å². The van der Waals surface area contributed by atoms with E-state index >= 15 is 0 Å². The Morgan fingerprint density at radius 1 is 1.39 bits per heavy atom. The lowest BCUT2D eigenvalue weighted by atomic mass is 9.90. The first-order valence-corrected chi connectivity index (χ1v) is 10.2. The molecule has 0 aromatic carbocycles. The van der Waals surface area contributed by atoms with Crippen molar-refractivity contribution in [1.29, 1.82) is 0 Å². The molecule has 10 nitrogen and oxygen atoms in total. The fraction of sp³-hybridized carbons (Fsp3) is 0.619. The van der Waals surface area contributed by atoms with Crippen LogP contribution in [-0.4, -0.2) is 103 Å². The zero-order valence-corrected chi connectivity index (χ0v) is 18.5. The number of pyridine rings is 1. The third-order valence-corrected chi connectivity index (χ3v) is 5.59. The second-order valence-corrected chi connectivity index (χ2v) is 7.85. The van der Waals surface area contributed by atoms with Gasteiger partial charge in [0, 0.05) is 39.9 Å². The minimum Gasteiger partial charge on any atom is -0.495 e. The number of likely N-dealkylation sites (N-methyl/N-ethyl adjacent to an activating group) is 1. The maximum atomic E-state index is 12.4. The second kappa shape index (κ2) is 11.6. The molecular formula is C21H32N4O6. The van der Waals surface area contributed by atoms with Gasteiger partial charge in [-0.25, -0.2) is 0 Å². The van der Waals surface area contributed by atoms with Crippen molar-refractivity contribution in [2.24, 2.45) is 0 Å². The van der Waals surface area contributed by atoms with Crippen LogP contribution >= 0.6 is 0 Å². The quantitative estimate of drug-likeness (QED) is 0.663. The van der Waals surface area contributed by atoms with E-state index < -0.39 is 0 Å². The summed E-state index contributed by atoms with van der Waals surface area (Å²) in [5.74, 6) is 0.727. The number of methoxy groups -OCH3 is 1. The number of hydrogen-bond acceptors (Lipinski definition) is 7. The summed E-state index contributed by atoms with van der Waals surface area (Å²) in [5.41, 5.74) is 0.555. The molecule has 2 aliphatic heterocycles. The van der Waals surface area contributed by atoms with E-state index in [0.29, 0.717) is 19.6 Å². The number of piperidine rings is 1. The molecule has 0 aliphatic carbocycles. The van der Waals surface area contributed by atoms with Crippen molar-refractivity contribution in [2.45, 2.75) is 31.4 Å². The monoisotopic (exact) mass is 436 g/mol. The van der Waals surface area contributed by atoms with Crippen molar-refractivity contribution in [2.75, 3.05) is 54.0 Å². The number of nitrogens with zero attached hydrogens (tertiary/aromatic N) is 4. The topological polar surface area (TPSA) is 113 Å². The third kappa shape index (κ3) is 6.90. The summed E-state index contributed by atoms with van der Waals surface area (Å²) in [5, 5.41) is 6.89. The van der Waals surface area contributed by atoms with Crippen LogP contribution in [0.5, 0.6) is 5.75 Å². The van der Waals surface area contributed by atoms with Crippen LogP contribution in [0.4, 0.5) is 0 Å². The van der Waals surface area contributed by atoms with Crippen LogP contribution in [0.3, 0.4) is 0 Å². The maximum Gasteiger partial charge on any atom is 0.290 e. The zero-order valence-electron chi connectivity index (χ0n) is 18.5. The fourth-order valence-corrected chi connectivity index (χ4v) is 3.80. The van der Waals surface area contributed by atoms with Gasteiger partial charge in [-0.15, -0.1) is 0 Å². The zero-order chi connectivity index (χ0) is 22.9. The van der Waals surface area contributed by atoms with Gasteiger partial charge in [0.1, 0.15) is 5.75 Å². The van der Waals surface area contributed by atoms with Crippen LogP contribution in [0.1, 0.15) is 25.0 Å². The highest BCUT2D eigenvalue weighted by molar-refractivity contribution is 5.84. The third-order valence-electron chi connectivity index (χ3n) is 5.59. The summed E-state index contributed by atoms with van der Waals surface area (Å²) in [6.07, 6.45) is 3.75. The Labute approximate surface area is 182 Å². The summed E-state index contributed by atoms with van der Waals surface area (Å²) in [7, 11) is 5.08. The number of ether oxygens (including phenoxy) is 2. The van der Waals surface area contributed by atoms with Crippen LogP contribution in [0, 0.1) is 0 Å². The minimum absolute atomic E-state index is 0.00673. The lowest BCUT2D eigenvalue weighted by Gasteiger charge is -2.42. The van der Waals surface area contributed by atoms with Crippen LogP contribution in [-0.2, 0) is 25.7 Å². The molecule has 31 heavy (non-hydrogen) atoms. The van der Waals surface area contributed by atoms with Gasteiger partial charge in [-0.1, -0.05) is 0 Å². The molecule has 0 bridgehead atoms. The first kappa shape index (κ1) is 24.5. The Balaban J connectivity index is 0.00000107. The van der Waals surface area contributed by atoms with Crippen LogP contribution in [0.15, 0.2) is 18.3 Å². The predicted octanol–water partition coefficient (Wildman–Crippen LogP) is 0.463. The van der Waals surface area contributed by atoms with Gasteiger partial charge in [0.05, 0.1) is 44.5 Å². The molecule has 3 rings (SSSR count). The fourth-order valence-electron chi connectivity index (χ4n) is 3.80. The number of hydrogen-bond donors (Lipinski definition) is 1. The van der Waals surface area contributed by atoms with E-state index in [-0.39, 0.29) is 30.4 Å². The minimum atomic E-state index is -0.372. The Hall–Kier alpha value is -2.72. The van der Waals surface area contributed by atoms with Crippen molar-refractivity contribution in [3.8, 4) is 5.75 Å². The number of carboxylic acid groups (broad SMARTS) is 1. The molecule has 1 spiro atoms. The molecule has 2 amide bonds.